The molecule has 1 fully saturated rings. The maximum atomic E-state index is 6.04. The maximum Gasteiger partial charge on any atom is 0.121 e. The fraction of sp³-hybridized carbons (Fsp3) is 0.400. The van der Waals surface area contributed by atoms with Crippen LogP contribution in [-0.4, -0.2) is 37.2 Å². The number of piperidine rings is 1. The zero-order valence-corrected chi connectivity index (χ0v) is 14.7. The standard InChI is InChI=1S/C20H25ClN2O/c21-18-7-4-8-20(15-18)24-19-9-12-23(13-10-19)14-11-22-16-17-5-2-1-3-6-17/h1-8,15,19,22H,9-14,16H2. The van der Waals surface area contributed by atoms with Gasteiger partial charge in [0.15, 0.2) is 0 Å². The molecule has 0 radical (unpaired) electrons. The first kappa shape index (κ1) is 17.3. The van der Waals surface area contributed by atoms with Gasteiger partial charge in [-0.2, -0.15) is 0 Å². The van der Waals surface area contributed by atoms with Gasteiger partial charge in [-0.05, 0) is 36.6 Å². The van der Waals surface area contributed by atoms with Crippen molar-refractivity contribution in [1.82, 2.24) is 10.2 Å². The molecule has 1 aliphatic heterocycles. The minimum Gasteiger partial charge on any atom is -0.490 e. The molecule has 0 bridgehead atoms. The number of likely N-dealkylation sites (tertiary alicyclic amines) is 1. The molecule has 0 atom stereocenters. The van der Waals surface area contributed by atoms with Gasteiger partial charge in [0, 0.05) is 37.7 Å². The number of ether oxygens (including phenoxy) is 1. The van der Waals surface area contributed by atoms with Gasteiger partial charge in [-0.25, -0.2) is 0 Å². The van der Waals surface area contributed by atoms with Gasteiger partial charge < -0.3 is 15.0 Å². The molecule has 1 aliphatic rings. The molecule has 0 saturated carbocycles. The Morgan fingerprint density at radius 2 is 1.83 bits per heavy atom. The maximum absolute atomic E-state index is 6.04. The van der Waals surface area contributed by atoms with Crippen LogP contribution in [0.5, 0.6) is 5.75 Å². The summed E-state index contributed by atoms with van der Waals surface area (Å²) in [5.74, 6) is 0.880. The van der Waals surface area contributed by atoms with Crippen LogP contribution in [0.3, 0.4) is 0 Å². The number of rotatable bonds is 7. The second-order valence-corrected chi connectivity index (χ2v) is 6.72. The van der Waals surface area contributed by atoms with Gasteiger partial charge in [-0.1, -0.05) is 48.0 Å². The Morgan fingerprint density at radius 1 is 1.04 bits per heavy atom. The average molecular weight is 345 g/mol. The summed E-state index contributed by atoms with van der Waals surface area (Å²) in [6.07, 6.45) is 2.45. The van der Waals surface area contributed by atoms with Crippen molar-refractivity contribution < 1.29 is 4.74 Å². The Morgan fingerprint density at radius 3 is 2.58 bits per heavy atom. The van der Waals surface area contributed by atoms with Gasteiger partial charge in [0.1, 0.15) is 11.9 Å². The van der Waals surface area contributed by atoms with E-state index < -0.39 is 0 Å². The number of hydrogen-bond donors (Lipinski definition) is 1. The van der Waals surface area contributed by atoms with Crippen molar-refractivity contribution in [1.29, 1.82) is 0 Å². The van der Waals surface area contributed by atoms with Crippen LogP contribution in [0.15, 0.2) is 54.6 Å². The van der Waals surface area contributed by atoms with E-state index in [1.165, 1.54) is 5.56 Å². The molecular weight excluding hydrogens is 320 g/mol. The number of nitrogens with zero attached hydrogens (tertiary/aromatic N) is 1. The molecule has 24 heavy (non-hydrogen) atoms. The third kappa shape index (κ3) is 5.52. The smallest absolute Gasteiger partial charge is 0.121 e. The average Bonchev–Trinajstić information content (AvgIpc) is 2.61. The second kappa shape index (κ2) is 9.07. The van der Waals surface area contributed by atoms with Crippen molar-refractivity contribution >= 4 is 11.6 Å². The summed E-state index contributed by atoms with van der Waals surface area (Å²) in [7, 11) is 0. The van der Waals surface area contributed by atoms with E-state index in [-0.39, 0.29) is 0 Å². The number of benzene rings is 2. The summed E-state index contributed by atoms with van der Waals surface area (Å²) in [5.41, 5.74) is 1.34. The molecular formula is C20H25ClN2O. The van der Waals surface area contributed by atoms with Crippen molar-refractivity contribution in [2.24, 2.45) is 0 Å². The van der Waals surface area contributed by atoms with Crippen LogP contribution in [0.25, 0.3) is 0 Å². The third-order valence-electron chi connectivity index (χ3n) is 4.41. The predicted octanol–water partition coefficient (Wildman–Crippen LogP) is 3.97. The summed E-state index contributed by atoms with van der Waals surface area (Å²) in [6.45, 7) is 5.25. The summed E-state index contributed by atoms with van der Waals surface area (Å²) in [6, 6.07) is 18.2. The van der Waals surface area contributed by atoms with Gasteiger partial charge in [-0.3, -0.25) is 0 Å². The lowest BCUT2D eigenvalue weighted by Crippen LogP contribution is -2.41. The van der Waals surface area contributed by atoms with Gasteiger partial charge in [0.25, 0.3) is 0 Å². The van der Waals surface area contributed by atoms with Crippen molar-refractivity contribution in [2.75, 3.05) is 26.2 Å². The predicted molar refractivity (Wildman–Crippen MR) is 99.7 cm³/mol. The third-order valence-corrected chi connectivity index (χ3v) is 4.65. The molecule has 3 rings (SSSR count). The molecule has 3 nitrogen and oxygen atoms in total. The van der Waals surface area contributed by atoms with Crippen LogP contribution in [0.2, 0.25) is 5.02 Å². The fourth-order valence-corrected chi connectivity index (χ4v) is 3.23. The van der Waals surface area contributed by atoms with Crippen molar-refractivity contribution in [2.45, 2.75) is 25.5 Å². The Labute approximate surface area is 149 Å². The van der Waals surface area contributed by atoms with E-state index in [1.807, 2.05) is 24.3 Å². The first-order chi connectivity index (χ1) is 11.8. The molecule has 0 amide bonds. The lowest BCUT2D eigenvalue weighted by Gasteiger charge is -2.32. The monoisotopic (exact) mass is 344 g/mol. The van der Waals surface area contributed by atoms with E-state index >= 15 is 0 Å². The minimum atomic E-state index is 0.303. The summed E-state index contributed by atoms with van der Waals surface area (Å²) in [4.78, 5) is 2.51. The molecule has 0 spiro atoms. The summed E-state index contributed by atoms with van der Waals surface area (Å²) < 4.78 is 6.04. The van der Waals surface area contributed by atoms with Crippen LogP contribution in [0.4, 0.5) is 0 Å². The van der Waals surface area contributed by atoms with E-state index in [2.05, 4.69) is 40.5 Å². The molecule has 0 aliphatic carbocycles. The van der Waals surface area contributed by atoms with E-state index in [0.29, 0.717) is 6.10 Å². The lowest BCUT2D eigenvalue weighted by molar-refractivity contribution is 0.101. The van der Waals surface area contributed by atoms with Gasteiger partial charge in [0.2, 0.25) is 0 Å². The number of hydrogen-bond acceptors (Lipinski definition) is 3. The Hall–Kier alpha value is -1.55. The zero-order chi connectivity index (χ0) is 16.6. The topological polar surface area (TPSA) is 24.5 Å². The van der Waals surface area contributed by atoms with Crippen LogP contribution in [0, 0.1) is 0 Å². The molecule has 4 heteroatoms. The van der Waals surface area contributed by atoms with Crippen molar-refractivity contribution in [3.8, 4) is 5.75 Å². The highest BCUT2D eigenvalue weighted by atomic mass is 35.5. The summed E-state index contributed by atoms with van der Waals surface area (Å²) in [5, 5.41) is 4.25. The number of halogens is 1. The van der Waals surface area contributed by atoms with Gasteiger partial charge in [0.05, 0.1) is 0 Å². The highest BCUT2D eigenvalue weighted by Crippen LogP contribution is 2.22. The van der Waals surface area contributed by atoms with E-state index in [1.54, 1.807) is 0 Å². The minimum absolute atomic E-state index is 0.303. The molecule has 1 N–H and O–H groups in total. The molecule has 0 aromatic heterocycles. The first-order valence-corrected chi connectivity index (χ1v) is 9.06. The highest BCUT2D eigenvalue weighted by Gasteiger charge is 2.20. The van der Waals surface area contributed by atoms with E-state index in [4.69, 9.17) is 16.3 Å². The van der Waals surface area contributed by atoms with Crippen LogP contribution >= 0.6 is 11.6 Å². The molecule has 128 valence electrons. The van der Waals surface area contributed by atoms with Crippen LogP contribution < -0.4 is 10.1 Å². The van der Waals surface area contributed by atoms with Gasteiger partial charge in [-0.15, -0.1) is 0 Å². The first-order valence-electron chi connectivity index (χ1n) is 8.69. The van der Waals surface area contributed by atoms with Crippen LogP contribution in [0.1, 0.15) is 18.4 Å². The Kier molecular flexibility index (Phi) is 6.53. The largest absolute Gasteiger partial charge is 0.490 e. The second-order valence-electron chi connectivity index (χ2n) is 6.28. The highest BCUT2D eigenvalue weighted by molar-refractivity contribution is 6.30. The molecule has 2 aromatic carbocycles. The zero-order valence-electron chi connectivity index (χ0n) is 14.0. The molecule has 0 unspecified atom stereocenters. The van der Waals surface area contributed by atoms with Crippen LogP contribution in [-0.2, 0) is 6.54 Å². The fourth-order valence-electron chi connectivity index (χ4n) is 3.05. The van der Waals surface area contributed by atoms with E-state index in [0.717, 1.165) is 56.3 Å². The van der Waals surface area contributed by atoms with E-state index in [9.17, 15) is 0 Å². The molecule has 1 heterocycles. The van der Waals surface area contributed by atoms with Crippen molar-refractivity contribution in [3.63, 3.8) is 0 Å². The normalized spacial score (nSPS) is 16.2. The van der Waals surface area contributed by atoms with Gasteiger partial charge >= 0.3 is 0 Å². The van der Waals surface area contributed by atoms with Crippen molar-refractivity contribution in [3.05, 3.63) is 65.2 Å². The molecule has 2 aromatic rings. The Balaban J connectivity index is 1.32. The Bertz CT molecular complexity index is 612. The SMILES string of the molecule is Clc1cccc(OC2CCN(CCNCc3ccccc3)CC2)c1. The summed E-state index contributed by atoms with van der Waals surface area (Å²) >= 11 is 6.01. The quantitative estimate of drug-likeness (QED) is 0.769. The molecule has 1 saturated heterocycles. The lowest BCUT2D eigenvalue weighted by atomic mass is 10.1. The number of nitrogens with one attached hydrogen (secondary N) is 1.